The number of ether oxygens (including phenoxy) is 2. The third-order valence-electron chi connectivity index (χ3n) is 5.85. The van der Waals surface area contributed by atoms with Crippen molar-refractivity contribution >= 4 is 23.5 Å². The summed E-state index contributed by atoms with van der Waals surface area (Å²) in [5, 5.41) is 9.68. The maximum absolute atomic E-state index is 13.5. The van der Waals surface area contributed by atoms with Crippen LogP contribution in [0.5, 0.6) is 11.5 Å². The predicted molar refractivity (Wildman–Crippen MR) is 138 cm³/mol. The fourth-order valence-corrected chi connectivity index (χ4v) is 4.10. The Labute approximate surface area is 249 Å². The highest BCUT2D eigenvalue weighted by atomic mass is 35.5. The van der Waals surface area contributed by atoms with Gasteiger partial charge in [-0.15, -0.1) is 0 Å². The molecule has 0 aliphatic heterocycles. The van der Waals surface area contributed by atoms with Crippen LogP contribution < -0.4 is 9.64 Å². The Balaban J connectivity index is 1.99. The van der Waals surface area contributed by atoms with Gasteiger partial charge in [0.2, 0.25) is 5.95 Å². The van der Waals surface area contributed by atoms with Crippen LogP contribution in [0.25, 0.3) is 0 Å². The largest absolute Gasteiger partial charge is 0.506 e. The fraction of sp³-hybridized carbons (Fsp3) is 0.370. The molecular weight excluding hydrogens is 637 g/mol. The van der Waals surface area contributed by atoms with E-state index in [-0.39, 0.29) is 43.8 Å². The lowest BCUT2D eigenvalue weighted by Crippen LogP contribution is -2.25. The van der Waals surface area contributed by atoms with Gasteiger partial charge in [-0.2, -0.15) is 39.5 Å². The quantitative estimate of drug-likeness (QED) is 0.128. The number of halogens is 10. The summed E-state index contributed by atoms with van der Waals surface area (Å²) in [6, 6.07) is 1.81. The third kappa shape index (κ3) is 9.53. The second-order valence-electron chi connectivity index (χ2n) is 9.21. The smallest absolute Gasteiger partial charge is 0.416 e. The molecule has 0 bridgehead atoms. The Morgan fingerprint density at radius 2 is 1.41 bits per heavy atom. The van der Waals surface area contributed by atoms with E-state index < -0.39 is 76.2 Å². The molecule has 0 aliphatic rings. The van der Waals surface area contributed by atoms with Crippen LogP contribution >= 0.6 is 11.6 Å². The molecule has 0 aliphatic carbocycles. The molecule has 1 aromatic heterocycles. The second kappa shape index (κ2) is 13.8. The second-order valence-corrected chi connectivity index (χ2v) is 9.62. The summed E-state index contributed by atoms with van der Waals surface area (Å²) in [6.07, 6.45) is -12.7. The van der Waals surface area contributed by atoms with Crippen molar-refractivity contribution in [3.05, 3.63) is 75.6 Å². The van der Waals surface area contributed by atoms with Crippen molar-refractivity contribution < 1.29 is 58.9 Å². The van der Waals surface area contributed by atoms with Crippen molar-refractivity contribution in [2.45, 2.75) is 51.4 Å². The number of nitrogens with zero attached hydrogens (tertiary/aromatic N) is 3. The summed E-state index contributed by atoms with van der Waals surface area (Å²) in [4.78, 5) is 20.4. The highest BCUT2D eigenvalue weighted by Gasteiger charge is 2.37. The van der Waals surface area contributed by atoms with Crippen LogP contribution in [0.1, 0.15) is 47.6 Å². The summed E-state index contributed by atoms with van der Waals surface area (Å²) >= 11 is 5.78. The van der Waals surface area contributed by atoms with Crippen LogP contribution in [0.4, 0.5) is 45.5 Å². The predicted octanol–water partition coefficient (Wildman–Crippen LogP) is 7.82. The molecule has 0 fully saturated rings. The van der Waals surface area contributed by atoms with Crippen molar-refractivity contribution in [3.63, 3.8) is 0 Å². The number of rotatable bonds is 11. The van der Waals surface area contributed by atoms with Crippen molar-refractivity contribution in [3.8, 4) is 11.5 Å². The van der Waals surface area contributed by atoms with Crippen molar-refractivity contribution in [1.82, 2.24) is 9.97 Å². The molecule has 1 N–H and O–H groups in total. The molecule has 7 nitrogen and oxygen atoms in total. The number of carbonyl (C=O) groups excluding carboxylic acids is 1. The standard InChI is InChI=1S/C27H23ClF9N3O4/c1-2-43-22(41)4-3-5-44-20-11-38-24(39-12-20)40(14-16-8-19(27(35,36)37)10-21(28)23(16)42)13-15-6-17(25(29,30)31)9-18(7-15)26(32,33)34/h6-12,42H,2-5,13-14H2,1H3. The number of phenols is 1. The molecule has 0 saturated carbocycles. The molecule has 44 heavy (non-hydrogen) atoms. The van der Waals surface area contributed by atoms with Gasteiger partial charge in [-0.1, -0.05) is 11.6 Å². The van der Waals surface area contributed by atoms with Crippen LogP contribution in [0, 0.1) is 0 Å². The van der Waals surface area contributed by atoms with E-state index in [0.717, 1.165) is 17.3 Å². The molecule has 240 valence electrons. The molecule has 0 radical (unpaired) electrons. The first kappa shape index (κ1) is 34.5. The van der Waals surface area contributed by atoms with Gasteiger partial charge in [-0.3, -0.25) is 4.79 Å². The Bertz CT molecular complexity index is 1410. The maximum Gasteiger partial charge on any atom is 0.416 e. The van der Waals surface area contributed by atoms with Crippen molar-refractivity contribution in [2.75, 3.05) is 18.1 Å². The first-order valence-electron chi connectivity index (χ1n) is 12.6. The first-order chi connectivity index (χ1) is 20.4. The van der Waals surface area contributed by atoms with E-state index >= 15 is 0 Å². The molecule has 0 amide bonds. The number of aromatic hydroxyl groups is 1. The Morgan fingerprint density at radius 3 is 1.93 bits per heavy atom. The van der Waals surface area contributed by atoms with E-state index in [4.69, 9.17) is 21.1 Å². The monoisotopic (exact) mass is 659 g/mol. The number of esters is 1. The number of hydrogen-bond acceptors (Lipinski definition) is 7. The van der Waals surface area contributed by atoms with E-state index in [1.165, 1.54) is 0 Å². The van der Waals surface area contributed by atoms with E-state index in [1.807, 2.05) is 0 Å². The Hall–Kier alpha value is -3.95. The molecule has 1 heterocycles. The van der Waals surface area contributed by atoms with Crippen LogP contribution in [0.2, 0.25) is 5.02 Å². The van der Waals surface area contributed by atoms with E-state index in [1.54, 1.807) is 6.92 Å². The van der Waals surface area contributed by atoms with Crippen LogP contribution in [0.15, 0.2) is 42.7 Å². The van der Waals surface area contributed by atoms with Gasteiger partial charge in [-0.25, -0.2) is 9.97 Å². The highest BCUT2D eigenvalue weighted by molar-refractivity contribution is 6.32. The minimum atomic E-state index is -5.16. The molecule has 0 atom stereocenters. The zero-order valence-corrected chi connectivity index (χ0v) is 23.3. The van der Waals surface area contributed by atoms with Gasteiger partial charge in [0.15, 0.2) is 5.75 Å². The summed E-state index contributed by atoms with van der Waals surface area (Å²) in [7, 11) is 0. The molecule has 3 rings (SSSR count). The van der Waals surface area contributed by atoms with Gasteiger partial charge < -0.3 is 19.5 Å². The maximum atomic E-state index is 13.5. The van der Waals surface area contributed by atoms with Gasteiger partial charge in [0, 0.05) is 25.1 Å². The van der Waals surface area contributed by atoms with Crippen LogP contribution in [-0.4, -0.2) is 34.3 Å². The summed E-state index contributed by atoms with van der Waals surface area (Å²) in [5.74, 6) is -1.52. The van der Waals surface area contributed by atoms with Crippen LogP contribution in [0.3, 0.4) is 0 Å². The zero-order chi connectivity index (χ0) is 32.9. The third-order valence-corrected chi connectivity index (χ3v) is 6.14. The molecular formula is C27H23ClF9N3O4. The Morgan fingerprint density at radius 1 is 0.864 bits per heavy atom. The molecule has 0 saturated heterocycles. The van der Waals surface area contributed by atoms with Crippen molar-refractivity contribution in [1.29, 1.82) is 0 Å². The molecule has 17 heteroatoms. The fourth-order valence-electron chi connectivity index (χ4n) is 3.86. The molecule has 3 aromatic rings. The van der Waals surface area contributed by atoms with Gasteiger partial charge in [0.05, 0.1) is 47.3 Å². The zero-order valence-electron chi connectivity index (χ0n) is 22.6. The normalized spacial score (nSPS) is 12.2. The van der Waals surface area contributed by atoms with Gasteiger partial charge in [-0.05, 0) is 49.2 Å². The average molecular weight is 660 g/mol. The topological polar surface area (TPSA) is 84.8 Å². The summed E-state index contributed by atoms with van der Waals surface area (Å²) in [6.45, 7) is 0.398. The van der Waals surface area contributed by atoms with E-state index in [2.05, 4.69) is 9.97 Å². The molecule has 2 aromatic carbocycles. The number of alkyl halides is 9. The average Bonchev–Trinajstić information content (AvgIpc) is 2.92. The minimum absolute atomic E-state index is 0.0340. The minimum Gasteiger partial charge on any atom is -0.506 e. The molecule has 0 unspecified atom stereocenters. The van der Waals surface area contributed by atoms with E-state index in [9.17, 15) is 49.4 Å². The van der Waals surface area contributed by atoms with Gasteiger partial charge in [0.25, 0.3) is 0 Å². The lowest BCUT2D eigenvalue weighted by molar-refractivity contribution is -0.144. The highest BCUT2D eigenvalue weighted by Crippen LogP contribution is 2.39. The number of benzene rings is 2. The lowest BCUT2D eigenvalue weighted by atomic mass is 10.0. The molecule has 0 spiro atoms. The van der Waals surface area contributed by atoms with Crippen molar-refractivity contribution in [2.24, 2.45) is 0 Å². The Kier molecular flexibility index (Phi) is 10.8. The summed E-state index contributed by atoms with van der Waals surface area (Å²) < 4.78 is 131. The number of hydrogen-bond donors (Lipinski definition) is 1. The van der Waals surface area contributed by atoms with Gasteiger partial charge in [0.1, 0.15) is 5.75 Å². The number of aromatic nitrogens is 2. The van der Waals surface area contributed by atoms with Gasteiger partial charge >= 0.3 is 24.5 Å². The number of anilines is 1. The number of carbonyl (C=O) groups is 1. The van der Waals surface area contributed by atoms with E-state index in [0.29, 0.717) is 24.3 Å². The summed E-state index contributed by atoms with van der Waals surface area (Å²) in [5.41, 5.74) is -5.48. The lowest BCUT2D eigenvalue weighted by Gasteiger charge is -2.25. The SMILES string of the molecule is CCOC(=O)CCCOc1cnc(N(Cc2cc(C(F)(F)F)cc(C(F)(F)F)c2)Cc2cc(C(F)(F)F)cc(Cl)c2O)nc1. The van der Waals surface area contributed by atoms with Crippen LogP contribution in [-0.2, 0) is 41.1 Å². The number of phenolic OH excluding ortho intramolecular Hbond substituents is 1. The first-order valence-corrected chi connectivity index (χ1v) is 13.0.